The fourth-order valence-corrected chi connectivity index (χ4v) is 2.29. The van der Waals surface area contributed by atoms with Crippen molar-refractivity contribution in [3.8, 4) is 0 Å². The molecule has 1 aromatic carbocycles. The number of benzene rings is 1. The third kappa shape index (κ3) is 4.47. The molecule has 0 aliphatic carbocycles. The van der Waals surface area contributed by atoms with Crippen LogP contribution in [0.1, 0.15) is 37.8 Å². The lowest BCUT2D eigenvalue weighted by atomic mass is 9.89. The van der Waals surface area contributed by atoms with Gasteiger partial charge in [0, 0.05) is 0 Å². The summed E-state index contributed by atoms with van der Waals surface area (Å²) in [7, 11) is 0. The van der Waals surface area contributed by atoms with Crippen LogP contribution in [-0.2, 0) is 6.42 Å². The Balaban J connectivity index is 0.000000686. The normalized spacial score (nSPS) is 16.2. The average molecular weight is 237 g/mol. The minimum Gasteiger partial charge on any atom is -0.317 e. The van der Waals surface area contributed by atoms with Crippen molar-refractivity contribution < 1.29 is 4.39 Å². The van der Waals surface area contributed by atoms with Gasteiger partial charge in [0.2, 0.25) is 0 Å². The van der Waals surface area contributed by atoms with E-state index in [1.165, 1.54) is 18.4 Å². The molecule has 0 aromatic heterocycles. The molecule has 17 heavy (non-hydrogen) atoms. The second-order valence-electron chi connectivity index (χ2n) is 4.47. The van der Waals surface area contributed by atoms with Crippen molar-refractivity contribution in [1.82, 2.24) is 5.32 Å². The molecule has 1 saturated heterocycles. The molecule has 2 heteroatoms. The lowest BCUT2D eigenvalue weighted by molar-refractivity contribution is 0.372. The fourth-order valence-electron chi connectivity index (χ4n) is 2.29. The first-order valence-electron chi connectivity index (χ1n) is 6.71. The molecule has 0 saturated carbocycles. The lowest BCUT2D eigenvalue weighted by Crippen LogP contribution is -2.28. The van der Waals surface area contributed by atoms with Crippen LogP contribution < -0.4 is 5.32 Å². The van der Waals surface area contributed by atoms with Crippen LogP contribution >= 0.6 is 0 Å². The number of piperidine rings is 1. The summed E-state index contributed by atoms with van der Waals surface area (Å²) in [5.74, 6) is 0.650. The van der Waals surface area contributed by atoms with Gasteiger partial charge in [0.25, 0.3) is 0 Å². The van der Waals surface area contributed by atoms with Gasteiger partial charge in [0.1, 0.15) is 5.82 Å². The van der Waals surface area contributed by atoms with Crippen LogP contribution in [0.4, 0.5) is 4.39 Å². The van der Waals surface area contributed by atoms with E-state index in [2.05, 4.69) is 5.32 Å². The number of hydrogen-bond acceptors (Lipinski definition) is 1. The van der Waals surface area contributed by atoms with Crippen molar-refractivity contribution in [2.24, 2.45) is 5.92 Å². The summed E-state index contributed by atoms with van der Waals surface area (Å²) in [5.41, 5.74) is 2.40. The second kappa shape index (κ2) is 7.44. The summed E-state index contributed by atoms with van der Waals surface area (Å²) >= 11 is 0. The van der Waals surface area contributed by atoms with E-state index in [1.807, 2.05) is 26.8 Å². The minimum absolute atomic E-state index is 0.124. The van der Waals surface area contributed by atoms with E-state index in [-0.39, 0.29) is 5.82 Å². The molecular weight excluding hydrogens is 213 g/mol. The highest BCUT2D eigenvalue weighted by molar-refractivity contribution is 5.27. The second-order valence-corrected chi connectivity index (χ2v) is 4.47. The van der Waals surface area contributed by atoms with Crippen molar-refractivity contribution in [2.45, 2.75) is 40.0 Å². The van der Waals surface area contributed by atoms with Crippen molar-refractivity contribution >= 4 is 0 Å². The molecule has 0 spiro atoms. The van der Waals surface area contributed by atoms with E-state index < -0.39 is 0 Å². The first-order chi connectivity index (χ1) is 8.25. The zero-order chi connectivity index (χ0) is 12.7. The largest absolute Gasteiger partial charge is 0.317 e. The Morgan fingerprint density at radius 2 is 1.88 bits per heavy atom. The van der Waals surface area contributed by atoms with Crippen LogP contribution in [0.2, 0.25) is 0 Å². The highest BCUT2D eigenvalue weighted by Crippen LogP contribution is 2.20. The highest BCUT2D eigenvalue weighted by Gasteiger charge is 2.14. The molecule has 1 aromatic rings. The maximum absolute atomic E-state index is 12.9. The predicted octanol–water partition coefficient (Wildman–Crippen LogP) is 3.70. The summed E-state index contributed by atoms with van der Waals surface area (Å²) in [5, 5.41) is 3.36. The Hall–Kier alpha value is -0.890. The Bertz CT molecular complexity index is 330. The van der Waals surface area contributed by atoms with Crippen LogP contribution in [0.15, 0.2) is 18.2 Å². The molecule has 1 aliphatic heterocycles. The summed E-state index contributed by atoms with van der Waals surface area (Å²) < 4.78 is 12.9. The first-order valence-corrected chi connectivity index (χ1v) is 6.71. The zero-order valence-corrected chi connectivity index (χ0v) is 11.2. The quantitative estimate of drug-likeness (QED) is 0.827. The number of hydrogen-bond donors (Lipinski definition) is 1. The van der Waals surface area contributed by atoms with Crippen LogP contribution in [0.25, 0.3) is 0 Å². The molecule has 0 radical (unpaired) electrons. The Labute approximate surface area is 104 Å². The summed E-state index contributed by atoms with van der Waals surface area (Å²) in [4.78, 5) is 0. The van der Waals surface area contributed by atoms with E-state index in [1.54, 1.807) is 12.1 Å². The molecule has 1 aliphatic rings. The number of nitrogens with one attached hydrogen (secondary N) is 1. The molecule has 0 unspecified atom stereocenters. The average Bonchev–Trinajstić information content (AvgIpc) is 2.37. The van der Waals surface area contributed by atoms with E-state index in [0.717, 1.165) is 31.0 Å². The Kier molecular flexibility index (Phi) is 6.20. The van der Waals surface area contributed by atoms with Gasteiger partial charge in [-0.25, -0.2) is 4.39 Å². The fraction of sp³-hybridized carbons (Fsp3) is 0.600. The maximum Gasteiger partial charge on any atom is 0.123 e. The predicted molar refractivity (Wildman–Crippen MR) is 71.8 cm³/mol. The first kappa shape index (κ1) is 14.2. The zero-order valence-electron chi connectivity index (χ0n) is 11.2. The summed E-state index contributed by atoms with van der Waals surface area (Å²) in [6, 6.07) is 5.15. The van der Waals surface area contributed by atoms with E-state index in [4.69, 9.17) is 0 Å². The minimum atomic E-state index is -0.124. The monoisotopic (exact) mass is 237 g/mol. The van der Waals surface area contributed by atoms with Crippen LogP contribution in [-0.4, -0.2) is 13.1 Å². The van der Waals surface area contributed by atoms with Gasteiger partial charge in [-0.1, -0.05) is 19.9 Å². The van der Waals surface area contributed by atoms with Gasteiger partial charge in [-0.2, -0.15) is 0 Å². The Morgan fingerprint density at radius 1 is 1.24 bits per heavy atom. The van der Waals surface area contributed by atoms with Gasteiger partial charge in [0.15, 0.2) is 0 Å². The molecule has 0 atom stereocenters. The molecule has 0 amide bonds. The van der Waals surface area contributed by atoms with Crippen molar-refractivity contribution in [1.29, 1.82) is 0 Å². The van der Waals surface area contributed by atoms with E-state index in [0.29, 0.717) is 0 Å². The topological polar surface area (TPSA) is 12.0 Å². The third-order valence-electron chi connectivity index (χ3n) is 3.27. The molecule has 1 N–H and O–H groups in total. The van der Waals surface area contributed by atoms with Crippen molar-refractivity contribution in [2.75, 3.05) is 13.1 Å². The summed E-state index contributed by atoms with van der Waals surface area (Å²) in [6.45, 7) is 8.26. The molecule has 1 heterocycles. The maximum atomic E-state index is 12.9. The Morgan fingerprint density at radius 3 is 2.47 bits per heavy atom. The molecule has 1 fully saturated rings. The number of rotatable bonds is 2. The van der Waals surface area contributed by atoms with Gasteiger partial charge in [-0.3, -0.25) is 0 Å². The van der Waals surface area contributed by atoms with Gasteiger partial charge >= 0.3 is 0 Å². The standard InChI is InChI=1S/C13H18FN.C2H6/c1-10-8-13(14)3-2-12(10)9-11-4-6-15-7-5-11;1-2/h2-3,8,11,15H,4-7,9H2,1H3;1-2H3. The van der Waals surface area contributed by atoms with Gasteiger partial charge in [-0.05, 0) is 68.5 Å². The van der Waals surface area contributed by atoms with Crippen molar-refractivity contribution in [3.63, 3.8) is 0 Å². The number of halogens is 1. The van der Waals surface area contributed by atoms with Crippen LogP contribution in [0.5, 0.6) is 0 Å². The smallest absolute Gasteiger partial charge is 0.123 e. The van der Waals surface area contributed by atoms with Gasteiger partial charge < -0.3 is 5.32 Å². The lowest BCUT2D eigenvalue weighted by Gasteiger charge is -2.23. The van der Waals surface area contributed by atoms with Crippen LogP contribution in [0.3, 0.4) is 0 Å². The van der Waals surface area contributed by atoms with Crippen LogP contribution in [0, 0.1) is 18.7 Å². The molecule has 1 nitrogen and oxygen atoms in total. The molecule has 0 bridgehead atoms. The molecule has 96 valence electrons. The summed E-state index contributed by atoms with van der Waals surface area (Å²) in [6.07, 6.45) is 3.60. The SMILES string of the molecule is CC.Cc1cc(F)ccc1CC1CCNCC1. The highest BCUT2D eigenvalue weighted by atomic mass is 19.1. The molecule has 2 rings (SSSR count). The van der Waals surface area contributed by atoms with Gasteiger partial charge in [-0.15, -0.1) is 0 Å². The van der Waals surface area contributed by atoms with Crippen molar-refractivity contribution in [3.05, 3.63) is 35.1 Å². The molecular formula is C15H24FN. The van der Waals surface area contributed by atoms with E-state index in [9.17, 15) is 4.39 Å². The third-order valence-corrected chi connectivity index (χ3v) is 3.27. The number of aryl methyl sites for hydroxylation is 1. The van der Waals surface area contributed by atoms with Gasteiger partial charge in [0.05, 0.1) is 0 Å². The van der Waals surface area contributed by atoms with E-state index >= 15 is 0 Å².